The first-order valence-corrected chi connectivity index (χ1v) is 12.3. The minimum absolute atomic E-state index is 0.0249. The van der Waals surface area contributed by atoms with Crippen LogP contribution in [-0.4, -0.2) is 103 Å². The largest absolute Gasteiger partial charge is 0.379 e. The van der Waals surface area contributed by atoms with Crippen molar-refractivity contribution in [2.75, 3.05) is 65.6 Å². The van der Waals surface area contributed by atoms with Crippen molar-refractivity contribution < 1.29 is 24.0 Å². The molecule has 2 heterocycles. The highest BCUT2D eigenvalue weighted by atomic mass is 16.6. The van der Waals surface area contributed by atoms with Gasteiger partial charge >= 0.3 is 0 Å². The number of carbonyl (C=O) groups excluding carboxylic acids is 2. The van der Waals surface area contributed by atoms with Crippen LogP contribution in [0.2, 0.25) is 0 Å². The molecular formula is C26H32N4O6. The van der Waals surface area contributed by atoms with Crippen molar-refractivity contribution in [1.82, 2.24) is 14.7 Å². The molecule has 36 heavy (non-hydrogen) atoms. The molecule has 0 bridgehead atoms. The van der Waals surface area contributed by atoms with E-state index in [1.165, 1.54) is 24.3 Å². The highest BCUT2D eigenvalue weighted by molar-refractivity contribution is 5.94. The Morgan fingerprint density at radius 1 is 1.00 bits per heavy atom. The predicted molar refractivity (Wildman–Crippen MR) is 133 cm³/mol. The van der Waals surface area contributed by atoms with Crippen LogP contribution in [0.25, 0.3) is 0 Å². The average molecular weight is 497 g/mol. The van der Waals surface area contributed by atoms with E-state index in [0.29, 0.717) is 58.0 Å². The number of non-ortho nitro benzene ring substituents is 1. The van der Waals surface area contributed by atoms with Gasteiger partial charge in [-0.05, 0) is 17.7 Å². The molecule has 0 aromatic heterocycles. The summed E-state index contributed by atoms with van der Waals surface area (Å²) in [5.74, 6) is -0.175. The Balaban J connectivity index is 1.39. The van der Waals surface area contributed by atoms with Crippen molar-refractivity contribution in [1.29, 1.82) is 0 Å². The van der Waals surface area contributed by atoms with E-state index in [2.05, 4.69) is 4.90 Å². The van der Waals surface area contributed by atoms with Gasteiger partial charge in [-0.25, -0.2) is 0 Å². The number of rotatable bonds is 9. The summed E-state index contributed by atoms with van der Waals surface area (Å²) in [6.07, 6.45) is -0.00702. The van der Waals surface area contributed by atoms with Gasteiger partial charge in [0.15, 0.2) is 0 Å². The lowest BCUT2D eigenvalue weighted by atomic mass is 10.1. The highest BCUT2D eigenvalue weighted by Gasteiger charge is 2.28. The van der Waals surface area contributed by atoms with Gasteiger partial charge in [-0.2, -0.15) is 0 Å². The Labute approximate surface area is 210 Å². The summed E-state index contributed by atoms with van der Waals surface area (Å²) in [6.45, 7) is 5.95. The summed E-state index contributed by atoms with van der Waals surface area (Å²) in [6, 6.07) is 15.3. The zero-order valence-corrected chi connectivity index (χ0v) is 20.3. The number of hydrogen-bond donors (Lipinski definition) is 0. The highest BCUT2D eigenvalue weighted by Crippen LogP contribution is 2.16. The molecule has 2 amide bonds. The predicted octanol–water partition coefficient (Wildman–Crippen LogP) is 1.84. The molecule has 0 aliphatic carbocycles. The average Bonchev–Trinajstić information content (AvgIpc) is 2.92. The second-order valence-corrected chi connectivity index (χ2v) is 9.00. The van der Waals surface area contributed by atoms with Crippen molar-refractivity contribution >= 4 is 17.5 Å². The molecule has 2 aliphatic heterocycles. The third-order valence-corrected chi connectivity index (χ3v) is 6.52. The molecule has 0 N–H and O–H groups in total. The van der Waals surface area contributed by atoms with E-state index in [4.69, 9.17) is 9.47 Å². The van der Waals surface area contributed by atoms with Gasteiger partial charge in [0.2, 0.25) is 5.91 Å². The van der Waals surface area contributed by atoms with Crippen molar-refractivity contribution in [2.45, 2.75) is 12.5 Å². The van der Waals surface area contributed by atoms with Crippen molar-refractivity contribution in [3.63, 3.8) is 0 Å². The van der Waals surface area contributed by atoms with E-state index in [1.54, 1.807) is 4.90 Å². The first-order chi connectivity index (χ1) is 17.5. The molecule has 2 fully saturated rings. The lowest BCUT2D eigenvalue weighted by Gasteiger charge is -2.37. The third kappa shape index (κ3) is 7.09. The van der Waals surface area contributed by atoms with Crippen molar-refractivity contribution in [2.24, 2.45) is 0 Å². The first kappa shape index (κ1) is 25.7. The summed E-state index contributed by atoms with van der Waals surface area (Å²) >= 11 is 0. The zero-order chi connectivity index (χ0) is 25.3. The van der Waals surface area contributed by atoms with E-state index in [1.807, 2.05) is 35.2 Å². The lowest BCUT2D eigenvalue weighted by Crippen LogP contribution is -2.52. The van der Waals surface area contributed by atoms with Crippen LogP contribution in [-0.2, 0) is 20.7 Å². The maximum atomic E-state index is 13.3. The van der Waals surface area contributed by atoms with Crippen molar-refractivity contribution in [3.8, 4) is 0 Å². The minimum atomic E-state index is -0.489. The molecule has 2 aromatic rings. The van der Waals surface area contributed by atoms with E-state index >= 15 is 0 Å². The van der Waals surface area contributed by atoms with Gasteiger partial charge in [-0.3, -0.25) is 24.6 Å². The summed E-state index contributed by atoms with van der Waals surface area (Å²) in [4.78, 5) is 42.5. The topological polar surface area (TPSA) is 105 Å². The zero-order valence-electron chi connectivity index (χ0n) is 20.3. The number of nitrogens with zero attached hydrogens (tertiary/aromatic N) is 4. The quantitative estimate of drug-likeness (QED) is 0.385. The number of ether oxygens (including phenoxy) is 2. The van der Waals surface area contributed by atoms with E-state index in [9.17, 15) is 19.7 Å². The first-order valence-electron chi connectivity index (χ1n) is 12.3. The fraction of sp³-hybridized carbons (Fsp3) is 0.462. The van der Waals surface area contributed by atoms with Crippen LogP contribution in [0.1, 0.15) is 15.9 Å². The van der Waals surface area contributed by atoms with E-state index in [-0.39, 0.29) is 23.6 Å². The number of hydrogen-bond acceptors (Lipinski definition) is 7. The normalized spacial score (nSPS) is 18.6. The smallest absolute Gasteiger partial charge is 0.269 e. The van der Waals surface area contributed by atoms with Crippen LogP contribution in [0.3, 0.4) is 0 Å². The second kappa shape index (κ2) is 12.6. The maximum Gasteiger partial charge on any atom is 0.269 e. The van der Waals surface area contributed by atoms with Crippen LogP contribution in [0, 0.1) is 10.1 Å². The number of benzene rings is 2. The Hall–Kier alpha value is -3.34. The van der Waals surface area contributed by atoms with Gasteiger partial charge in [-0.15, -0.1) is 0 Å². The van der Waals surface area contributed by atoms with Crippen molar-refractivity contribution in [3.05, 3.63) is 75.8 Å². The SMILES string of the molecule is O=C(Cc1ccccc1)N(CCN1CCOCC1)CC1CN(C(=O)c2ccc([N+](=O)[O-])cc2)CCO1. The molecule has 0 saturated carbocycles. The molecular weight excluding hydrogens is 464 g/mol. The molecule has 10 heteroatoms. The number of nitro benzene ring substituents is 1. The molecule has 192 valence electrons. The van der Waals surface area contributed by atoms with Gasteiger partial charge < -0.3 is 19.3 Å². The summed E-state index contributed by atoms with van der Waals surface area (Å²) in [7, 11) is 0. The molecule has 2 aromatic carbocycles. The lowest BCUT2D eigenvalue weighted by molar-refractivity contribution is -0.384. The van der Waals surface area contributed by atoms with Gasteiger partial charge in [-0.1, -0.05) is 30.3 Å². The number of nitro groups is 1. The summed E-state index contributed by atoms with van der Waals surface area (Å²) < 4.78 is 11.4. The maximum absolute atomic E-state index is 13.3. The third-order valence-electron chi connectivity index (χ3n) is 6.52. The fourth-order valence-electron chi connectivity index (χ4n) is 4.46. The summed E-state index contributed by atoms with van der Waals surface area (Å²) in [5.41, 5.74) is 1.29. The number of morpholine rings is 2. The number of carbonyl (C=O) groups is 2. The van der Waals surface area contributed by atoms with Crippen LogP contribution in [0.5, 0.6) is 0 Å². The Kier molecular flexibility index (Phi) is 8.99. The van der Waals surface area contributed by atoms with Gasteiger partial charge in [0.05, 0.1) is 37.3 Å². The van der Waals surface area contributed by atoms with Crippen LogP contribution < -0.4 is 0 Å². The van der Waals surface area contributed by atoms with Gasteiger partial charge in [0, 0.05) is 63.5 Å². The van der Waals surface area contributed by atoms with E-state index < -0.39 is 4.92 Å². The van der Waals surface area contributed by atoms with Crippen LogP contribution in [0.4, 0.5) is 5.69 Å². The molecule has 0 radical (unpaired) electrons. The fourth-order valence-corrected chi connectivity index (χ4v) is 4.46. The molecule has 4 rings (SSSR count). The molecule has 0 spiro atoms. The molecule has 1 atom stereocenters. The minimum Gasteiger partial charge on any atom is -0.379 e. The Morgan fingerprint density at radius 2 is 1.72 bits per heavy atom. The van der Waals surface area contributed by atoms with E-state index in [0.717, 1.165) is 25.2 Å². The monoisotopic (exact) mass is 496 g/mol. The standard InChI is InChI=1S/C26H32N4O6/c31-25(18-21-4-2-1-3-5-21)28(11-10-27-12-15-35-16-13-27)19-24-20-29(14-17-36-24)26(32)22-6-8-23(9-7-22)30(33)34/h1-9,24H,10-20H2. The van der Waals surface area contributed by atoms with Gasteiger partial charge in [0.1, 0.15) is 0 Å². The molecule has 1 unspecified atom stereocenters. The molecule has 10 nitrogen and oxygen atoms in total. The Morgan fingerprint density at radius 3 is 2.42 bits per heavy atom. The second-order valence-electron chi connectivity index (χ2n) is 9.00. The molecule has 2 aliphatic rings. The van der Waals surface area contributed by atoms with Crippen LogP contribution in [0.15, 0.2) is 54.6 Å². The molecule has 2 saturated heterocycles. The summed E-state index contributed by atoms with van der Waals surface area (Å²) in [5, 5.41) is 10.9. The van der Waals surface area contributed by atoms with Crippen LogP contribution >= 0.6 is 0 Å². The number of amides is 2. The Bertz CT molecular complexity index is 1030. The van der Waals surface area contributed by atoms with Gasteiger partial charge in [0.25, 0.3) is 11.6 Å².